The Kier molecular flexibility index (Phi) is 3.33. The summed E-state index contributed by atoms with van der Waals surface area (Å²) in [6.45, 7) is 0.453. The topological polar surface area (TPSA) is 49.4 Å². The van der Waals surface area contributed by atoms with Crippen LogP contribution in [0.25, 0.3) is 0 Å². The molecular formula is C12H13ClN2O2. The molecule has 1 aliphatic heterocycles. The second kappa shape index (κ2) is 4.75. The second-order valence-corrected chi connectivity index (χ2v) is 4.52. The summed E-state index contributed by atoms with van der Waals surface area (Å²) in [4.78, 5) is 25.0. The third-order valence-corrected chi connectivity index (χ3v) is 3.04. The third-order valence-electron chi connectivity index (χ3n) is 2.74. The van der Waals surface area contributed by atoms with Crippen molar-refractivity contribution in [1.82, 2.24) is 5.32 Å². The number of hydrogen-bond donors (Lipinski definition) is 1. The molecule has 1 atom stereocenters. The number of nitrogens with one attached hydrogen (secondary N) is 1. The molecule has 0 spiro atoms. The molecule has 1 heterocycles. The standard InChI is InChI=1S/C12H13ClN2O2/c1-14-12(17)9-4-2-3-5-10(9)15-7-8(13)6-11(15)16/h2-5,8H,6-7H2,1H3,(H,14,17). The Morgan fingerprint density at radius 3 is 2.76 bits per heavy atom. The highest BCUT2D eigenvalue weighted by atomic mass is 35.5. The summed E-state index contributed by atoms with van der Waals surface area (Å²) in [5.41, 5.74) is 1.12. The molecule has 0 radical (unpaired) electrons. The fourth-order valence-electron chi connectivity index (χ4n) is 1.93. The minimum Gasteiger partial charge on any atom is -0.355 e. The van der Waals surface area contributed by atoms with Crippen LogP contribution in [0, 0.1) is 0 Å². The van der Waals surface area contributed by atoms with Gasteiger partial charge in [0.2, 0.25) is 5.91 Å². The van der Waals surface area contributed by atoms with Crippen LogP contribution in [0.4, 0.5) is 5.69 Å². The average molecular weight is 253 g/mol. The minimum absolute atomic E-state index is 0.0404. The van der Waals surface area contributed by atoms with Crippen molar-refractivity contribution in [2.75, 3.05) is 18.5 Å². The van der Waals surface area contributed by atoms with E-state index in [4.69, 9.17) is 11.6 Å². The van der Waals surface area contributed by atoms with E-state index in [-0.39, 0.29) is 17.2 Å². The van der Waals surface area contributed by atoms with Crippen molar-refractivity contribution < 1.29 is 9.59 Å². The van der Waals surface area contributed by atoms with Crippen molar-refractivity contribution in [1.29, 1.82) is 0 Å². The zero-order valence-corrected chi connectivity index (χ0v) is 10.2. The lowest BCUT2D eigenvalue weighted by atomic mass is 10.1. The number of rotatable bonds is 2. The molecule has 1 aromatic carbocycles. The number of halogens is 1. The van der Waals surface area contributed by atoms with Crippen LogP contribution < -0.4 is 10.2 Å². The first-order valence-electron chi connectivity index (χ1n) is 5.39. The maximum Gasteiger partial charge on any atom is 0.253 e. The summed E-state index contributed by atoms with van der Waals surface area (Å²) >= 11 is 5.95. The summed E-state index contributed by atoms with van der Waals surface area (Å²) in [6.07, 6.45) is 0.323. The number of para-hydroxylation sites is 1. The lowest BCUT2D eigenvalue weighted by Crippen LogP contribution is -2.28. The Hall–Kier alpha value is -1.55. The molecule has 4 nitrogen and oxygen atoms in total. The van der Waals surface area contributed by atoms with Gasteiger partial charge in [-0.25, -0.2) is 0 Å². The van der Waals surface area contributed by atoms with E-state index in [9.17, 15) is 9.59 Å². The zero-order valence-electron chi connectivity index (χ0n) is 9.44. The number of nitrogens with zero attached hydrogens (tertiary/aromatic N) is 1. The van der Waals surface area contributed by atoms with Gasteiger partial charge in [-0.05, 0) is 12.1 Å². The molecule has 1 N–H and O–H groups in total. The summed E-state index contributed by atoms with van der Waals surface area (Å²) in [5, 5.41) is 2.38. The van der Waals surface area contributed by atoms with E-state index >= 15 is 0 Å². The summed E-state index contributed by atoms with van der Waals surface area (Å²) in [6, 6.07) is 7.03. The zero-order chi connectivity index (χ0) is 12.4. The molecule has 1 fully saturated rings. The predicted molar refractivity (Wildman–Crippen MR) is 66.4 cm³/mol. The van der Waals surface area contributed by atoms with Crippen LogP contribution in [0.15, 0.2) is 24.3 Å². The monoisotopic (exact) mass is 252 g/mol. The molecule has 90 valence electrons. The van der Waals surface area contributed by atoms with Gasteiger partial charge in [0.1, 0.15) is 0 Å². The van der Waals surface area contributed by atoms with Gasteiger partial charge in [-0.1, -0.05) is 12.1 Å². The molecule has 1 saturated heterocycles. The van der Waals surface area contributed by atoms with Gasteiger partial charge < -0.3 is 10.2 Å². The quantitative estimate of drug-likeness (QED) is 0.809. The molecule has 0 aliphatic carbocycles. The van der Waals surface area contributed by atoms with Gasteiger partial charge in [-0.15, -0.1) is 11.6 Å². The van der Waals surface area contributed by atoms with Crippen LogP contribution >= 0.6 is 11.6 Å². The highest BCUT2D eigenvalue weighted by molar-refractivity contribution is 6.24. The number of amides is 2. The van der Waals surface area contributed by atoms with Crippen molar-refractivity contribution in [2.24, 2.45) is 0 Å². The van der Waals surface area contributed by atoms with Gasteiger partial charge in [-0.2, -0.15) is 0 Å². The molecule has 1 aromatic rings. The van der Waals surface area contributed by atoms with Gasteiger partial charge in [0, 0.05) is 20.0 Å². The van der Waals surface area contributed by atoms with E-state index in [0.29, 0.717) is 24.2 Å². The van der Waals surface area contributed by atoms with E-state index < -0.39 is 0 Å². The number of hydrogen-bond acceptors (Lipinski definition) is 2. The Labute approximate surface area is 105 Å². The normalized spacial score (nSPS) is 19.5. The molecule has 0 aromatic heterocycles. The number of carbonyl (C=O) groups excluding carboxylic acids is 2. The van der Waals surface area contributed by atoms with Crippen molar-refractivity contribution in [2.45, 2.75) is 11.8 Å². The van der Waals surface area contributed by atoms with E-state index in [2.05, 4.69) is 5.32 Å². The summed E-state index contributed by atoms with van der Waals surface area (Å²) in [5.74, 6) is -0.243. The minimum atomic E-state index is -0.202. The van der Waals surface area contributed by atoms with Crippen molar-refractivity contribution in [3.8, 4) is 0 Å². The van der Waals surface area contributed by atoms with Crippen molar-refractivity contribution in [3.63, 3.8) is 0 Å². The average Bonchev–Trinajstić information content (AvgIpc) is 2.67. The molecular weight excluding hydrogens is 240 g/mol. The van der Waals surface area contributed by atoms with Crippen LogP contribution in [0.3, 0.4) is 0 Å². The first-order chi connectivity index (χ1) is 8.13. The highest BCUT2D eigenvalue weighted by Gasteiger charge is 2.31. The number of benzene rings is 1. The summed E-state index contributed by atoms with van der Waals surface area (Å²) < 4.78 is 0. The van der Waals surface area contributed by atoms with Crippen molar-refractivity contribution >= 4 is 29.1 Å². The van der Waals surface area contributed by atoms with Crippen LogP contribution in [-0.2, 0) is 4.79 Å². The van der Waals surface area contributed by atoms with Crippen LogP contribution in [0.5, 0.6) is 0 Å². The SMILES string of the molecule is CNC(=O)c1ccccc1N1CC(Cl)CC1=O. The lowest BCUT2D eigenvalue weighted by Gasteiger charge is -2.18. The van der Waals surface area contributed by atoms with Gasteiger partial charge in [0.05, 0.1) is 16.6 Å². The third kappa shape index (κ3) is 2.26. The highest BCUT2D eigenvalue weighted by Crippen LogP contribution is 2.27. The van der Waals surface area contributed by atoms with Crippen LogP contribution in [-0.4, -0.2) is 30.8 Å². The first-order valence-corrected chi connectivity index (χ1v) is 5.82. The number of carbonyl (C=O) groups is 2. The van der Waals surface area contributed by atoms with E-state index in [1.165, 1.54) is 0 Å². The Morgan fingerprint density at radius 1 is 1.47 bits per heavy atom. The molecule has 17 heavy (non-hydrogen) atoms. The van der Waals surface area contributed by atoms with Gasteiger partial charge in [0.15, 0.2) is 0 Å². The van der Waals surface area contributed by atoms with E-state index in [1.807, 2.05) is 0 Å². The molecule has 1 aliphatic rings. The lowest BCUT2D eigenvalue weighted by molar-refractivity contribution is -0.117. The molecule has 1 unspecified atom stereocenters. The fraction of sp³-hybridized carbons (Fsp3) is 0.333. The van der Waals surface area contributed by atoms with Gasteiger partial charge in [-0.3, -0.25) is 9.59 Å². The first kappa shape index (κ1) is 11.9. The van der Waals surface area contributed by atoms with Crippen LogP contribution in [0.1, 0.15) is 16.8 Å². The number of alkyl halides is 1. The maximum atomic E-state index is 11.8. The Balaban J connectivity index is 2.38. The summed E-state index contributed by atoms with van der Waals surface area (Å²) in [7, 11) is 1.56. The van der Waals surface area contributed by atoms with Crippen LogP contribution in [0.2, 0.25) is 0 Å². The number of anilines is 1. The largest absolute Gasteiger partial charge is 0.355 e. The van der Waals surface area contributed by atoms with E-state index in [1.54, 1.807) is 36.2 Å². The molecule has 2 rings (SSSR count). The molecule has 2 amide bonds. The smallest absolute Gasteiger partial charge is 0.253 e. The fourth-order valence-corrected chi connectivity index (χ4v) is 2.20. The van der Waals surface area contributed by atoms with Crippen molar-refractivity contribution in [3.05, 3.63) is 29.8 Å². The second-order valence-electron chi connectivity index (χ2n) is 3.90. The molecule has 5 heteroatoms. The van der Waals surface area contributed by atoms with E-state index in [0.717, 1.165) is 0 Å². The van der Waals surface area contributed by atoms with Gasteiger partial charge >= 0.3 is 0 Å². The molecule has 0 saturated carbocycles. The Bertz CT molecular complexity index is 462. The van der Waals surface area contributed by atoms with Gasteiger partial charge in [0.25, 0.3) is 5.91 Å². The maximum absolute atomic E-state index is 11.8. The molecule has 0 bridgehead atoms. The Morgan fingerprint density at radius 2 is 2.18 bits per heavy atom. The predicted octanol–water partition coefficient (Wildman–Crippen LogP) is 1.39.